The highest BCUT2D eigenvalue weighted by molar-refractivity contribution is 7.21. The molecule has 1 N–H and O–H groups in total. The SMILES string of the molecule is O=C(c1sc2cccc(F)c2c1Cl)N1CCC(c2ncc[nH]2)CC1. The van der Waals surface area contributed by atoms with Crippen molar-refractivity contribution < 1.29 is 9.18 Å². The lowest BCUT2D eigenvalue weighted by molar-refractivity contribution is 0.0716. The van der Waals surface area contributed by atoms with Gasteiger partial charge in [-0.25, -0.2) is 9.37 Å². The molecular formula is C17H15ClFN3OS. The lowest BCUT2D eigenvalue weighted by atomic mass is 9.96. The maximum absolute atomic E-state index is 14.0. The number of hydrogen-bond acceptors (Lipinski definition) is 3. The van der Waals surface area contributed by atoms with Crippen LogP contribution in [0.2, 0.25) is 5.02 Å². The number of likely N-dealkylation sites (tertiary alicyclic amines) is 1. The Morgan fingerprint density at radius 2 is 2.17 bits per heavy atom. The summed E-state index contributed by atoms with van der Waals surface area (Å²) in [5.74, 6) is 0.825. The number of fused-ring (bicyclic) bond motifs is 1. The second-order valence-electron chi connectivity index (χ2n) is 5.90. The van der Waals surface area contributed by atoms with Crippen molar-refractivity contribution in [3.05, 3.63) is 52.1 Å². The molecule has 0 unspecified atom stereocenters. The molecule has 7 heteroatoms. The third-order valence-electron chi connectivity index (χ3n) is 4.49. The summed E-state index contributed by atoms with van der Waals surface area (Å²) in [6.07, 6.45) is 5.28. The summed E-state index contributed by atoms with van der Waals surface area (Å²) < 4.78 is 14.7. The van der Waals surface area contributed by atoms with E-state index in [-0.39, 0.29) is 16.7 Å². The summed E-state index contributed by atoms with van der Waals surface area (Å²) in [5, 5.41) is 0.573. The molecule has 24 heavy (non-hydrogen) atoms. The van der Waals surface area contributed by atoms with Crippen molar-refractivity contribution in [2.75, 3.05) is 13.1 Å². The van der Waals surface area contributed by atoms with Crippen molar-refractivity contribution in [3.8, 4) is 0 Å². The highest BCUT2D eigenvalue weighted by Crippen LogP contribution is 2.38. The van der Waals surface area contributed by atoms with Crippen LogP contribution in [0.25, 0.3) is 10.1 Å². The van der Waals surface area contributed by atoms with E-state index in [1.165, 1.54) is 17.4 Å². The minimum atomic E-state index is -0.385. The predicted molar refractivity (Wildman–Crippen MR) is 93.3 cm³/mol. The second-order valence-corrected chi connectivity index (χ2v) is 7.33. The number of aromatic amines is 1. The van der Waals surface area contributed by atoms with Gasteiger partial charge in [-0.05, 0) is 25.0 Å². The van der Waals surface area contributed by atoms with Gasteiger partial charge < -0.3 is 9.88 Å². The van der Waals surface area contributed by atoms with E-state index >= 15 is 0 Å². The molecule has 0 bridgehead atoms. The number of nitrogens with one attached hydrogen (secondary N) is 1. The van der Waals surface area contributed by atoms with Crippen molar-refractivity contribution in [2.24, 2.45) is 0 Å². The van der Waals surface area contributed by atoms with Gasteiger partial charge in [-0.3, -0.25) is 4.79 Å². The van der Waals surface area contributed by atoms with Crippen LogP contribution in [-0.4, -0.2) is 33.9 Å². The van der Waals surface area contributed by atoms with E-state index < -0.39 is 0 Å². The summed E-state index contributed by atoms with van der Waals surface area (Å²) in [4.78, 5) is 22.5. The lowest BCUT2D eigenvalue weighted by Crippen LogP contribution is -2.37. The van der Waals surface area contributed by atoms with Gasteiger partial charge in [0, 0.05) is 41.5 Å². The van der Waals surface area contributed by atoms with E-state index in [1.807, 2.05) is 6.20 Å². The standard InChI is InChI=1S/C17H15ClFN3OS/c18-14-13-11(19)2-1-3-12(13)24-15(14)17(23)22-8-4-10(5-9-22)16-20-6-7-21-16/h1-3,6-7,10H,4-5,8-9H2,(H,20,21). The Balaban J connectivity index is 1.55. The molecule has 1 aliphatic rings. The molecule has 3 heterocycles. The number of aromatic nitrogens is 2. The quantitative estimate of drug-likeness (QED) is 0.731. The fraction of sp³-hybridized carbons (Fsp3) is 0.294. The Morgan fingerprint density at radius 3 is 2.83 bits per heavy atom. The first kappa shape index (κ1) is 15.6. The van der Waals surface area contributed by atoms with Crippen LogP contribution in [0.5, 0.6) is 0 Å². The van der Waals surface area contributed by atoms with Crippen molar-refractivity contribution in [1.29, 1.82) is 0 Å². The van der Waals surface area contributed by atoms with Crippen molar-refractivity contribution >= 4 is 38.9 Å². The molecule has 4 nitrogen and oxygen atoms in total. The summed E-state index contributed by atoms with van der Waals surface area (Å²) in [6.45, 7) is 1.30. The first-order valence-corrected chi connectivity index (χ1v) is 8.99. The molecule has 3 aromatic rings. The second kappa shape index (κ2) is 6.18. The van der Waals surface area contributed by atoms with Crippen LogP contribution in [0.15, 0.2) is 30.6 Å². The number of nitrogens with zero attached hydrogens (tertiary/aromatic N) is 2. The van der Waals surface area contributed by atoms with Crippen molar-refractivity contribution in [3.63, 3.8) is 0 Å². The highest BCUT2D eigenvalue weighted by Gasteiger charge is 2.28. The number of amides is 1. The van der Waals surface area contributed by atoms with Gasteiger partial charge in [-0.15, -0.1) is 11.3 Å². The number of rotatable bonds is 2. The molecule has 4 rings (SSSR count). The first-order valence-electron chi connectivity index (χ1n) is 7.80. The molecule has 1 aliphatic heterocycles. The Hall–Kier alpha value is -1.92. The average Bonchev–Trinajstić information content (AvgIpc) is 3.23. The molecule has 0 spiro atoms. The maximum atomic E-state index is 14.0. The molecule has 1 aromatic carbocycles. The van der Waals surface area contributed by atoms with Gasteiger partial charge in [0.15, 0.2) is 0 Å². The number of imidazole rings is 1. The number of thiophene rings is 1. The number of benzene rings is 1. The molecule has 0 atom stereocenters. The lowest BCUT2D eigenvalue weighted by Gasteiger charge is -2.30. The third-order valence-corrected chi connectivity index (χ3v) is 6.12. The van der Waals surface area contributed by atoms with Crippen LogP contribution in [0.4, 0.5) is 4.39 Å². The van der Waals surface area contributed by atoms with Crippen LogP contribution in [-0.2, 0) is 0 Å². The highest BCUT2D eigenvalue weighted by atomic mass is 35.5. The predicted octanol–water partition coefficient (Wildman–Crippen LogP) is 4.44. The van der Waals surface area contributed by atoms with E-state index in [1.54, 1.807) is 23.2 Å². The largest absolute Gasteiger partial charge is 0.348 e. The molecule has 1 amide bonds. The average molecular weight is 364 g/mol. The Morgan fingerprint density at radius 1 is 1.38 bits per heavy atom. The minimum Gasteiger partial charge on any atom is -0.348 e. The topological polar surface area (TPSA) is 49.0 Å². The maximum Gasteiger partial charge on any atom is 0.265 e. The number of carbonyl (C=O) groups excluding carboxylic acids is 1. The fourth-order valence-electron chi connectivity index (χ4n) is 3.21. The van der Waals surface area contributed by atoms with Gasteiger partial charge in [-0.1, -0.05) is 17.7 Å². The van der Waals surface area contributed by atoms with E-state index in [2.05, 4.69) is 9.97 Å². The van der Waals surface area contributed by atoms with Crippen molar-refractivity contribution in [2.45, 2.75) is 18.8 Å². The van der Waals surface area contributed by atoms with Gasteiger partial charge in [0.05, 0.1) is 5.02 Å². The van der Waals surface area contributed by atoms with E-state index in [0.29, 0.717) is 34.0 Å². The molecule has 1 saturated heterocycles. The molecule has 0 saturated carbocycles. The third kappa shape index (κ3) is 2.59. The number of H-pyrrole nitrogens is 1. The van der Waals surface area contributed by atoms with Crippen LogP contribution < -0.4 is 0 Å². The summed E-state index contributed by atoms with van der Waals surface area (Å²) in [5.41, 5.74) is 0. The Kier molecular flexibility index (Phi) is 4.02. The molecule has 2 aromatic heterocycles. The zero-order valence-electron chi connectivity index (χ0n) is 12.8. The van der Waals surface area contributed by atoms with Crippen molar-refractivity contribution in [1.82, 2.24) is 14.9 Å². The fourth-order valence-corrected chi connectivity index (χ4v) is 4.73. The summed E-state index contributed by atoms with van der Waals surface area (Å²) >= 11 is 7.55. The molecular weight excluding hydrogens is 349 g/mol. The Labute approximate surface area is 147 Å². The van der Waals surface area contributed by atoms with Gasteiger partial charge in [0.25, 0.3) is 5.91 Å². The van der Waals surface area contributed by atoms with Gasteiger partial charge in [0.2, 0.25) is 0 Å². The monoisotopic (exact) mass is 363 g/mol. The normalized spacial score (nSPS) is 16.0. The number of piperidine rings is 1. The summed E-state index contributed by atoms with van der Waals surface area (Å²) in [7, 11) is 0. The molecule has 0 aliphatic carbocycles. The van der Waals surface area contributed by atoms with E-state index in [4.69, 9.17) is 11.6 Å². The van der Waals surface area contributed by atoms with E-state index in [0.717, 1.165) is 18.7 Å². The molecule has 1 fully saturated rings. The molecule has 124 valence electrons. The zero-order valence-corrected chi connectivity index (χ0v) is 14.3. The van der Waals surface area contributed by atoms with Gasteiger partial charge in [-0.2, -0.15) is 0 Å². The van der Waals surface area contributed by atoms with Gasteiger partial charge >= 0.3 is 0 Å². The molecule has 0 radical (unpaired) electrons. The van der Waals surface area contributed by atoms with Crippen LogP contribution in [0.1, 0.15) is 34.3 Å². The summed E-state index contributed by atoms with van der Waals surface area (Å²) in [6, 6.07) is 4.78. The minimum absolute atomic E-state index is 0.113. The number of hydrogen-bond donors (Lipinski definition) is 1. The smallest absolute Gasteiger partial charge is 0.265 e. The first-order chi connectivity index (χ1) is 11.6. The zero-order chi connectivity index (χ0) is 16.7. The van der Waals surface area contributed by atoms with E-state index in [9.17, 15) is 9.18 Å². The van der Waals surface area contributed by atoms with Crippen LogP contribution >= 0.6 is 22.9 Å². The van der Waals surface area contributed by atoms with Gasteiger partial charge in [0.1, 0.15) is 16.5 Å². The Bertz CT molecular complexity index is 885. The van der Waals surface area contributed by atoms with Crippen LogP contribution in [0.3, 0.4) is 0 Å². The van der Waals surface area contributed by atoms with Crippen LogP contribution in [0, 0.1) is 5.82 Å². The number of carbonyl (C=O) groups is 1. The number of halogens is 2.